The lowest BCUT2D eigenvalue weighted by Gasteiger charge is -2.48. The summed E-state index contributed by atoms with van der Waals surface area (Å²) in [6, 6.07) is 1.61. The van der Waals surface area contributed by atoms with Gasteiger partial charge < -0.3 is 5.32 Å². The summed E-state index contributed by atoms with van der Waals surface area (Å²) < 4.78 is 0. The molecule has 86 valence electrons. The quantitative estimate of drug-likeness (QED) is 0.747. The zero-order valence-electron chi connectivity index (χ0n) is 9.97. The maximum Gasteiger partial charge on any atom is 0.0198 e. The van der Waals surface area contributed by atoms with Crippen molar-refractivity contribution >= 4 is 0 Å². The molecule has 2 heteroatoms. The highest BCUT2D eigenvalue weighted by Crippen LogP contribution is 2.41. The summed E-state index contributed by atoms with van der Waals surface area (Å²) in [5, 5.41) is 3.76. The number of piperidine rings is 1. The van der Waals surface area contributed by atoms with Crippen LogP contribution in [0.3, 0.4) is 0 Å². The zero-order chi connectivity index (χ0) is 10.3. The van der Waals surface area contributed by atoms with Gasteiger partial charge in [-0.15, -0.1) is 0 Å². The second kappa shape index (κ2) is 3.74. The van der Waals surface area contributed by atoms with Gasteiger partial charge in [-0.2, -0.15) is 0 Å². The van der Waals surface area contributed by atoms with Gasteiger partial charge in [0.1, 0.15) is 0 Å². The Kier molecular flexibility index (Phi) is 2.52. The second-order valence-electron chi connectivity index (χ2n) is 6.35. The lowest BCUT2D eigenvalue weighted by molar-refractivity contribution is 0.0437. The molecule has 2 unspecified atom stereocenters. The van der Waals surface area contributed by atoms with E-state index in [0.29, 0.717) is 5.41 Å². The van der Waals surface area contributed by atoms with Gasteiger partial charge in [0.25, 0.3) is 0 Å². The van der Waals surface area contributed by atoms with Crippen molar-refractivity contribution in [3.8, 4) is 0 Å². The smallest absolute Gasteiger partial charge is 0.0198 e. The van der Waals surface area contributed by atoms with Gasteiger partial charge in [-0.3, -0.25) is 4.90 Å². The Labute approximate surface area is 93.4 Å². The Bertz CT molecular complexity index is 223. The molecule has 0 aromatic rings. The van der Waals surface area contributed by atoms with E-state index in [9.17, 15) is 0 Å². The lowest BCUT2D eigenvalue weighted by atomic mass is 9.70. The molecule has 2 aliphatic heterocycles. The average Bonchev–Trinajstić information content (AvgIpc) is 2.15. The van der Waals surface area contributed by atoms with Crippen LogP contribution in [0.15, 0.2) is 0 Å². The molecule has 2 saturated heterocycles. The highest BCUT2D eigenvalue weighted by Gasteiger charge is 2.37. The van der Waals surface area contributed by atoms with Gasteiger partial charge in [0.15, 0.2) is 0 Å². The fourth-order valence-electron chi connectivity index (χ4n) is 3.70. The number of rotatable bonds is 2. The molecule has 0 spiro atoms. The molecule has 2 atom stereocenters. The molecule has 0 aromatic carbocycles. The van der Waals surface area contributed by atoms with Gasteiger partial charge in [0.05, 0.1) is 0 Å². The molecule has 2 heterocycles. The van der Waals surface area contributed by atoms with E-state index < -0.39 is 0 Å². The Hall–Kier alpha value is -0.0800. The number of fused-ring (bicyclic) bond motifs is 2. The van der Waals surface area contributed by atoms with Gasteiger partial charge in [0.2, 0.25) is 0 Å². The Morgan fingerprint density at radius 2 is 1.80 bits per heavy atom. The Balaban J connectivity index is 1.58. The number of likely N-dealkylation sites (tertiary alicyclic amines) is 1. The van der Waals surface area contributed by atoms with Crippen LogP contribution in [-0.4, -0.2) is 36.6 Å². The first kappa shape index (κ1) is 10.1. The largest absolute Gasteiger partial charge is 0.309 e. The standard InChI is InChI=1S/C13H24N2/c1-13(6-3-7-13)10-15-8-11-4-2-5-12(9-15)14-11/h11-12,14H,2-10H2,1H3. The molecule has 0 radical (unpaired) electrons. The molecular weight excluding hydrogens is 184 g/mol. The normalized spacial score (nSPS) is 39.8. The van der Waals surface area contributed by atoms with Gasteiger partial charge >= 0.3 is 0 Å². The van der Waals surface area contributed by atoms with Crippen molar-refractivity contribution in [1.29, 1.82) is 0 Å². The van der Waals surface area contributed by atoms with Crippen LogP contribution in [-0.2, 0) is 0 Å². The van der Waals surface area contributed by atoms with E-state index in [-0.39, 0.29) is 0 Å². The predicted molar refractivity (Wildman–Crippen MR) is 63.0 cm³/mol. The monoisotopic (exact) mass is 208 g/mol. The number of nitrogens with zero attached hydrogens (tertiary/aromatic N) is 1. The fraction of sp³-hybridized carbons (Fsp3) is 1.00. The topological polar surface area (TPSA) is 15.3 Å². The van der Waals surface area contributed by atoms with E-state index in [2.05, 4.69) is 17.1 Å². The summed E-state index contributed by atoms with van der Waals surface area (Å²) in [7, 11) is 0. The van der Waals surface area contributed by atoms with E-state index in [1.807, 2.05) is 0 Å². The van der Waals surface area contributed by atoms with Crippen LogP contribution in [0.1, 0.15) is 45.4 Å². The molecule has 2 nitrogen and oxygen atoms in total. The SMILES string of the molecule is CC1(CN2CC3CCCC(C2)N3)CCC1. The van der Waals surface area contributed by atoms with Gasteiger partial charge in [-0.25, -0.2) is 0 Å². The number of hydrogen-bond donors (Lipinski definition) is 1. The minimum absolute atomic E-state index is 0.672. The summed E-state index contributed by atoms with van der Waals surface area (Å²) in [6.45, 7) is 6.47. The van der Waals surface area contributed by atoms with Crippen LogP contribution in [0.2, 0.25) is 0 Å². The van der Waals surface area contributed by atoms with E-state index in [4.69, 9.17) is 0 Å². The lowest BCUT2D eigenvalue weighted by Crippen LogP contribution is -2.60. The molecule has 15 heavy (non-hydrogen) atoms. The van der Waals surface area contributed by atoms with Crippen molar-refractivity contribution in [3.05, 3.63) is 0 Å². The van der Waals surface area contributed by atoms with Crippen molar-refractivity contribution in [3.63, 3.8) is 0 Å². The molecule has 2 bridgehead atoms. The number of piperazine rings is 1. The first-order valence-electron chi connectivity index (χ1n) is 6.72. The molecule has 3 aliphatic rings. The van der Waals surface area contributed by atoms with Crippen molar-refractivity contribution in [2.24, 2.45) is 5.41 Å². The number of hydrogen-bond acceptors (Lipinski definition) is 2. The highest BCUT2D eigenvalue weighted by molar-refractivity contribution is 4.93. The van der Waals surface area contributed by atoms with E-state index in [1.54, 1.807) is 0 Å². The van der Waals surface area contributed by atoms with E-state index in [0.717, 1.165) is 12.1 Å². The summed E-state index contributed by atoms with van der Waals surface area (Å²) >= 11 is 0. The van der Waals surface area contributed by atoms with Crippen LogP contribution in [0.25, 0.3) is 0 Å². The third kappa shape index (κ3) is 2.07. The summed E-state index contributed by atoms with van der Waals surface area (Å²) in [4.78, 5) is 2.74. The molecule has 0 aromatic heterocycles. The van der Waals surface area contributed by atoms with Gasteiger partial charge in [-0.05, 0) is 31.1 Å². The molecule has 0 amide bonds. The van der Waals surface area contributed by atoms with E-state index >= 15 is 0 Å². The zero-order valence-corrected chi connectivity index (χ0v) is 9.97. The van der Waals surface area contributed by atoms with Crippen molar-refractivity contribution in [1.82, 2.24) is 10.2 Å². The van der Waals surface area contributed by atoms with Gasteiger partial charge in [0, 0.05) is 31.7 Å². The number of nitrogens with one attached hydrogen (secondary N) is 1. The Morgan fingerprint density at radius 3 is 2.33 bits per heavy atom. The van der Waals surface area contributed by atoms with Crippen LogP contribution in [0.4, 0.5) is 0 Å². The molecule has 1 N–H and O–H groups in total. The van der Waals surface area contributed by atoms with Crippen LogP contribution >= 0.6 is 0 Å². The summed E-state index contributed by atoms with van der Waals surface area (Å²) in [5.74, 6) is 0. The molecular formula is C13H24N2. The highest BCUT2D eigenvalue weighted by atomic mass is 15.2. The summed E-state index contributed by atoms with van der Waals surface area (Å²) in [5.41, 5.74) is 0.672. The minimum Gasteiger partial charge on any atom is -0.309 e. The maximum absolute atomic E-state index is 3.76. The van der Waals surface area contributed by atoms with Crippen LogP contribution in [0.5, 0.6) is 0 Å². The van der Waals surface area contributed by atoms with Gasteiger partial charge in [-0.1, -0.05) is 19.8 Å². The molecule has 1 saturated carbocycles. The van der Waals surface area contributed by atoms with Crippen molar-refractivity contribution in [2.75, 3.05) is 19.6 Å². The minimum atomic E-state index is 0.672. The summed E-state index contributed by atoms with van der Waals surface area (Å²) in [6.07, 6.45) is 8.66. The molecule has 3 rings (SSSR count). The molecule has 3 fully saturated rings. The Morgan fingerprint density at radius 1 is 1.13 bits per heavy atom. The van der Waals surface area contributed by atoms with Crippen molar-refractivity contribution in [2.45, 2.75) is 57.5 Å². The predicted octanol–water partition coefficient (Wildman–Crippen LogP) is 2.00. The average molecular weight is 208 g/mol. The molecule has 1 aliphatic carbocycles. The third-order valence-corrected chi connectivity index (χ3v) is 4.70. The second-order valence-corrected chi connectivity index (χ2v) is 6.35. The first-order chi connectivity index (χ1) is 7.23. The fourth-order valence-corrected chi connectivity index (χ4v) is 3.70. The van der Waals surface area contributed by atoms with E-state index in [1.165, 1.54) is 58.2 Å². The first-order valence-corrected chi connectivity index (χ1v) is 6.72. The van der Waals surface area contributed by atoms with Crippen LogP contribution < -0.4 is 5.32 Å². The maximum atomic E-state index is 3.76. The van der Waals surface area contributed by atoms with Crippen molar-refractivity contribution < 1.29 is 0 Å². The van der Waals surface area contributed by atoms with Crippen LogP contribution in [0, 0.1) is 5.41 Å². The third-order valence-electron chi connectivity index (χ3n) is 4.70.